The van der Waals surface area contributed by atoms with Gasteiger partial charge < -0.3 is 4.74 Å². The van der Waals surface area contributed by atoms with Crippen LogP contribution >= 0.6 is 0 Å². The van der Waals surface area contributed by atoms with E-state index in [1.165, 1.54) is 0 Å². The first-order chi connectivity index (χ1) is 5.80. The number of hydrogen-bond acceptors (Lipinski definition) is 3. The average Bonchev–Trinajstić information content (AvgIpc) is 2.19. The SMILES string of the molecule is N#CC1(C#N)OC2C=CC1CC2. The molecule has 1 saturated heterocycles. The van der Waals surface area contributed by atoms with Crippen molar-refractivity contribution >= 4 is 0 Å². The Balaban J connectivity index is 2.39. The number of hydrogen-bond donors (Lipinski definition) is 0. The lowest BCUT2D eigenvalue weighted by atomic mass is 9.78. The summed E-state index contributed by atoms with van der Waals surface area (Å²) in [5.41, 5.74) is -1.20. The number of nitriles is 2. The van der Waals surface area contributed by atoms with Crippen LogP contribution in [0.2, 0.25) is 0 Å². The van der Waals surface area contributed by atoms with Crippen LogP contribution in [0.1, 0.15) is 12.8 Å². The molecule has 2 bridgehead atoms. The minimum atomic E-state index is -1.20. The Morgan fingerprint density at radius 1 is 1.25 bits per heavy atom. The summed E-state index contributed by atoms with van der Waals surface area (Å²) in [5, 5.41) is 17.7. The zero-order valence-electron chi connectivity index (χ0n) is 6.53. The molecule has 3 rings (SSSR count). The molecular weight excluding hydrogens is 152 g/mol. The predicted molar refractivity (Wildman–Crippen MR) is 40.7 cm³/mol. The summed E-state index contributed by atoms with van der Waals surface area (Å²) in [7, 11) is 0. The van der Waals surface area contributed by atoms with Gasteiger partial charge in [-0.1, -0.05) is 12.2 Å². The molecular formula is C9H8N2O. The number of ether oxygens (including phenoxy) is 1. The van der Waals surface area contributed by atoms with Crippen molar-refractivity contribution in [3.63, 3.8) is 0 Å². The van der Waals surface area contributed by atoms with Crippen LogP contribution < -0.4 is 0 Å². The van der Waals surface area contributed by atoms with Crippen molar-refractivity contribution in [3.05, 3.63) is 12.2 Å². The van der Waals surface area contributed by atoms with E-state index in [1.54, 1.807) is 0 Å². The molecule has 0 aromatic heterocycles. The molecule has 0 aromatic carbocycles. The molecule has 3 nitrogen and oxygen atoms in total. The van der Waals surface area contributed by atoms with Crippen LogP contribution in [0.4, 0.5) is 0 Å². The van der Waals surface area contributed by atoms with Crippen LogP contribution in [0.5, 0.6) is 0 Å². The maximum atomic E-state index is 8.83. The van der Waals surface area contributed by atoms with Gasteiger partial charge in [0.25, 0.3) is 0 Å². The monoisotopic (exact) mass is 160 g/mol. The fourth-order valence-corrected chi connectivity index (χ4v) is 1.80. The zero-order chi connectivity index (χ0) is 8.60. The average molecular weight is 160 g/mol. The predicted octanol–water partition coefficient (Wildman–Crippen LogP) is 1.14. The second-order valence-corrected chi connectivity index (χ2v) is 3.18. The molecule has 2 unspecified atom stereocenters. The van der Waals surface area contributed by atoms with Crippen LogP contribution in [0.25, 0.3) is 0 Å². The van der Waals surface area contributed by atoms with Crippen LogP contribution in [0.15, 0.2) is 12.2 Å². The fourth-order valence-electron chi connectivity index (χ4n) is 1.80. The Morgan fingerprint density at radius 2 is 2.00 bits per heavy atom. The topological polar surface area (TPSA) is 56.8 Å². The molecule has 2 atom stereocenters. The molecule has 0 amide bonds. The molecule has 12 heavy (non-hydrogen) atoms. The van der Waals surface area contributed by atoms with E-state index in [9.17, 15) is 0 Å². The van der Waals surface area contributed by atoms with Gasteiger partial charge in [-0.05, 0) is 12.8 Å². The van der Waals surface area contributed by atoms with Crippen molar-refractivity contribution in [1.82, 2.24) is 0 Å². The molecule has 0 N–H and O–H groups in total. The van der Waals surface area contributed by atoms with Crippen molar-refractivity contribution in [2.75, 3.05) is 0 Å². The first-order valence-electron chi connectivity index (χ1n) is 3.99. The third kappa shape index (κ3) is 0.776. The number of nitrogens with zero attached hydrogens (tertiary/aromatic N) is 2. The molecule has 3 heteroatoms. The molecule has 0 saturated carbocycles. The van der Waals surface area contributed by atoms with Gasteiger partial charge in [0.2, 0.25) is 5.60 Å². The van der Waals surface area contributed by atoms with Crippen molar-refractivity contribution in [2.24, 2.45) is 5.92 Å². The molecule has 0 radical (unpaired) electrons. The molecule has 0 aromatic rings. The first kappa shape index (κ1) is 7.34. The molecule has 2 heterocycles. The summed E-state index contributed by atoms with van der Waals surface area (Å²) < 4.78 is 5.36. The maximum Gasteiger partial charge on any atom is 0.248 e. The van der Waals surface area contributed by atoms with Gasteiger partial charge in [-0.2, -0.15) is 10.5 Å². The van der Waals surface area contributed by atoms with Crippen molar-refractivity contribution < 1.29 is 4.74 Å². The van der Waals surface area contributed by atoms with Crippen LogP contribution in [-0.4, -0.2) is 11.7 Å². The van der Waals surface area contributed by atoms with Gasteiger partial charge >= 0.3 is 0 Å². The Kier molecular flexibility index (Phi) is 1.43. The van der Waals surface area contributed by atoms with Crippen LogP contribution in [0.3, 0.4) is 0 Å². The lowest BCUT2D eigenvalue weighted by Crippen LogP contribution is -2.47. The largest absolute Gasteiger partial charge is 0.340 e. The zero-order valence-corrected chi connectivity index (χ0v) is 6.53. The van der Waals surface area contributed by atoms with Gasteiger partial charge in [-0.3, -0.25) is 0 Å². The van der Waals surface area contributed by atoms with Crippen molar-refractivity contribution in [3.8, 4) is 12.1 Å². The summed E-state index contributed by atoms with van der Waals surface area (Å²) in [6, 6.07) is 3.93. The van der Waals surface area contributed by atoms with Crippen LogP contribution in [0, 0.1) is 28.6 Å². The van der Waals surface area contributed by atoms with E-state index in [-0.39, 0.29) is 12.0 Å². The molecule has 0 spiro atoms. The summed E-state index contributed by atoms with van der Waals surface area (Å²) >= 11 is 0. The van der Waals surface area contributed by atoms with Crippen LogP contribution in [-0.2, 0) is 4.74 Å². The van der Waals surface area contributed by atoms with E-state index < -0.39 is 5.60 Å². The minimum Gasteiger partial charge on any atom is -0.340 e. The lowest BCUT2D eigenvalue weighted by molar-refractivity contribution is -0.0742. The molecule has 3 aliphatic rings. The van der Waals surface area contributed by atoms with E-state index in [2.05, 4.69) is 0 Å². The fraction of sp³-hybridized carbons (Fsp3) is 0.556. The summed E-state index contributed by atoms with van der Waals surface area (Å²) in [5.74, 6) is -0.0301. The van der Waals surface area contributed by atoms with Gasteiger partial charge in [-0.15, -0.1) is 0 Å². The van der Waals surface area contributed by atoms with Gasteiger partial charge in [0.15, 0.2) is 0 Å². The van der Waals surface area contributed by atoms with E-state index in [1.807, 2.05) is 24.3 Å². The summed E-state index contributed by atoms with van der Waals surface area (Å²) in [4.78, 5) is 0. The van der Waals surface area contributed by atoms with E-state index in [0.29, 0.717) is 0 Å². The molecule has 60 valence electrons. The Hall–Kier alpha value is -1.32. The highest BCUT2D eigenvalue weighted by Gasteiger charge is 2.47. The van der Waals surface area contributed by atoms with Gasteiger partial charge in [0.1, 0.15) is 12.1 Å². The highest BCUT2D eigenvalue weighted by molar-refractivity contribution is 5.29. The number of fused-ring (bicyclic) bond motifs is 2. The van der Waals surface area contributed by atoms with E-state index in [0.717, 1.165) is 12.8 Å². The maximum absolute atomic E-state index is 8.83. The summed E-state index contributed by atoms with van der Waals surface area (Å²) in [6.45, 7) is 0. The van der Waals surface area contributed by atoms with Gasteiger partial charge in [0, 0.05) is 5.92 Å². The van der Waals surface area contributed by atoms with Crippen molar-refractivity contribution in [1.29, 1.82) is 10.5 Å². The highest BCUT2D eigenvalue weighted by Crippen LogP contribution is 2.39. The van der Waals surface area contributed by atoms with Gasteiger partial charge in [0.05, 0.1) is 6.10 Å². The molecule has 1 fully saturated rings. The second-order valence-electron chi connectivity index (χ2n) is 3.18. The molecule has 1 aliphatic carbocycles. The minimum absolute atomic E-state index is 0.0192. The molecule has 2 aliphatic heterocycles. The smallest absolute Gasteiger partial charge is 0.248 e. The normalized spacial score (nSPS) is 35.5. The summed E-state index contributed by atoms with van der Waals surface area (Å²) in [6.07, 6.45) is 5.69. The number of rotatable bonds is 0. The quantitative estimate of drug-likeness (QED) is 0.499. The lowest BCUT2D eigenvalue weighted by Gasteiger charge is -2.39. The Morgan fingerprint density at radius 3 is 2.25 bits per heavy atom. The van der Waals surface area contributed by atoms with E-state index >= 15 is 0 Å². The third-order valence-corrected chi connectivity index (χ3v) is 2.51. The van der Waals surface area contributed by atoms with Crippen molar-refractivity contribution in [2.45, 2.75) is 24.5 Å². The second kappa shape index (κ2) is 2.33. The highest BCUT2D eigenvalue weighted by atomic mass is 16.5. The first-order valence-corrected chi connectivity index (χ1v) is 3.99. The van der Waals surface area contributed by atoms with Gasteiger partial charge in [-0.25, -0.2) is 0 Å². The Labute approximate surface area is 70.9 Å². The Bertz CT molecular complexity index is 293. The standard InChI is InChI=1S/C9H8N2O/c10-5-9(6-11)7-1-3-8(12-9)4-2-7/h1,3,7-8H,2,4H2. The van der Waals surface area contributed by atoms with E-state index in [4.69, 9.17) is 15.3 Å². The third-order valence-electron chi connectivity index (χ3n) is 2.51.